The lowest BCUT2D eigenvalue weighted by atomic mass is 10.9. The van der Waals surface area contributed by atoms with Gasteiger partial charge in [-0.25, -0.2) is 4.79 Å². The van der Waals surface area contributed by atoms with E-state index in [9.17, 15) is 4.79 Å². The number of hydrogen-bond acceptors (Lipinski definition) is 4. The van der Waals surface area contributed by atoms with Crippen LogP contribution in [0.15, 0.2) is 0 Å². The third-order valence-electron chi connectivity index (χ3n) is 0.455. The first-order chi connectivity index (χ1) is 4.16. The summed E-state index contributed by atoms with van der Waals surface area (Å²) in [5.41, 5.74) is 4.87. The average Bonchev–Trinajstić information content (AvgIpc) is 1.63. The van der Waals surface area contributed by atoms with Gasteiger partial charge in [-0.2, -0.15) is 0 Å². The van der Waals surface area contributed by atoms with E-state index in [4.69, 9.17) is 11.1 Å². The second-order valence-corrected chi connectivity index (χ2v) is 2.13. The van der Waals surface area contributed by atoms with Gasteiger partial charge in [0.25, 0.3) is 0 Å². The maximum absolute atomic E-state index is 10.4. The van der Waals surface area contributed by atoms with Crippen molar-refractivity contribution in [1.29, 1.82) is 5.41 Å². The molecule has 0 aromatic heterocycles. The SMILES string of the molecule is CCOC(=O)SC(=N)N.Cl. The quantitative estimate of drug-likeness (QED) is 0.365. The van der Waals surface area contributed by atoms with Gasteiger partial charge in [-0.05, 0) is 6.92 Å². The number of hydrogen-bond donors (Lipinski definition) is 2. The van der Waals surface area contributed by atoms with E-state index in [1.165, 1.54) is 0 Å². The van der Waals surface area contributed by atoms with Crippen LogP contribution in [0.4, 0.5) is 4.79 Å². The van der Waals surface area contributed by atoms with E-state index >= 15 is 0 Å². The fourth-order valence-corrected chi connectivity index (χ4v) is 0.593. The monoisotopic (exact) mass is 184 g/mol. The number of amidine groups is 1. The molecule has 0 aromatic rings. The highest BCUT2D eigenvalue weighted by atomic mass is 35.5. The Labute approximate surface area is 69.4 Å². The molecule has 0 fully saturated rings. The zero-order valence-electron chi connectivity index (χ0n) is 5.42. The standard InChI is InChI=1S/C4H8N2O2S.ClH/c1-2-8-4(7)9-3(5)6;/h2H2,1H3,(H3,5,6);1H. The maximum Gasteiger partial charge on any atom is 0.375 e. The van der Waals surface area contributed by atoms with Gasteiger partial charge in [0.1, 0.15) is 0 Å². The number of nitrogens with one attached hydrogen (secondary N) is 1. The van der Waals surface area contributed by atoms with Crippen LogP contribution in [0, 0.1) is 5.41 Å². The van der Waals surface area contributed by atoms with E-state index in [-0.39, 0.29) is 17.6 Å². The molecule has 0 radical (unpaired) electrons. The maximum atomic E-state index is 10.4. The van der Waals surface area contributed by atoms with Crippen molar-refractivity contribution in [1.82, 2.24) is 0 Å². The fraction of sp³-hybridized carbons (Fsp3) is 0.500. The Kier molecular flexibility index (Phi) is 8.22. The first kappa shape index (κ1) is 12.3. The van der Waals surface area contributed by atoms with Gasteiger partial charge in [-0.1, -0.05) is 0 Å². The van der Waals surface area contributed by atoms with Crippen molar-refractivity contribution in [2.75, 3.05) is 6.61 Å². The first-order valence-corrected chi connectivity index (χ1v) is 3.17. The smallest absolute Gasteiger partial charge is 0.375 e. The van der Waals surface area contributed by atoms with E-state index in [0.717, 1.165) is 0 Å². The summed E-state index contributed by atoms with van der Waals surface area (Å²) < 4.78 is 4.46. The lowest BCUT2D eigenvalue weighted by molar-refractivity contribution is 0.182. The van der Waals surface area contributed by atoms with Crippen LogP contribution in [0.2, 0.25) is 0 Å². The number of nitrogens with two attached hydrogens (primary N) is 1. The fourth-order valence-electron chi connectivity index (χ4n) is 0.237. The van der Waals surface area contributed by atoms with Crippen LogP contribution < -0.4 is 5.73 Å². The molecule has 0 aliphatic heterocycles. The summed E-state index contributed by atoms with van der Waals surface area (Å²) in [5, 5.41) is 5.88. The summed E-state index contributed by atoms with van der Waals surface area (Å²) in [4.78, 5) is 10.4. The normalized spacial score (nSPS) is 7.70. The zero-order valence-corrected chi connectivity index (χ0v) is 7.05. The van der Waals surface area contributed by atoms with Crippen LogP contribution in [0.5, 0.6) is 0 Å². The molecule has 4 nitrogen and oxygen atoms in total. The molecule has 0 heterocycles. The van der Waals surface area contributed by atoms with Crippen LogP contribution in [0.1, 0.15) is 6.92 Å². The van der Waals surface area contributed by atoms with Crippen molar-refractivity contribution in [2.24, 2.45) is 5.73 Å². The van der Waals surface area contributed by atoms with Gasteiger partial charge in [-0.15, -0.1) is 12.4 Å². The molecule has 0 amide bonds. The molecule has 0 saturated heterocycles. The number of ether oxygens (including phenoxy) is 1. The molecule has 0 unspecified atom stereocenters. The van der Waals surface area contributed by atoms with Gasteiger partial charge in [0.15, 0.2) is 5.17 Å². The molecule has 3 N–H and O–H groups in total. The topological polar surface area (TPSA) is 76.2 Å². The summed E-state index contributed by atoms with van der Waals surface area (Å²) in [7, 11) is 0. The molecule has 0 bridgehead atoms. The highest BCUT2D eigenvalue weighted by Gasteiger charge is 2.02. The van der Waals surface area contributed by atoms with E-state index in [2.05, 4.69) is 4.74 Å². The van der Waals surface area contributed by atoms with Crippen LogP contribution in [-0.4, -0.2) is 17.1 Å². The van der Waals surface area contributed by atoms with Crippen molar-refractivity contribution >= 4 is 34.6 Å². The second kappa shape index (κ2) is 6.70. The number of halogens is 1. The minimum atomic E-state index is -0.523. The molecule has 0 aromatic carbocycles. The minimum absolute atomic E-state index is 0. The Morgan fingerprint density at radius 2 is 2.30 bits per heavy atom. The number of carbonyl (C=O) groups excluding carboxylic acids is 1. The van der Waals surface area contributed by atoms with Crippen LogP contribution >= 0.6 is 24.2 Å². The van der Waals surface area contributed by atoms with E-state index in [1.807, 2.05) is 0 Å². The molecule has 0 spiro atoms. The van der Waals surface area contributed by atoms with E-state index < -0.39 is 5.30 Å². The molecule has 0 aliphatic carbocycles. The van der Waals surface area contributed by atoms with Crippen LogP contribution in [-0.2, 0) is 4.74 Å². The Balaban J connectivity index is 0. The van der Waals surface area contributed by atoms with Gasteiger partial charge in [-0.3, -0.25) is 5.41 Å². The molecule has 0 atom stereocenters. The van der Waals surface area contributed by atoms with Gasteiger partial charge >= 0.3 is 5.30 Å². The Morgan fingerprint density at radius 3 is 2.60 bits per heavy atom. The van der Waals surface area contributed by atoms with Gasteiger partial charge in [0, 0.05) is 11.8 Å². The summed E-state index contributed by atoms with van der Waals surface area (Å²) in [6.45, 7) is 2.01. The molecule has 0 rings (SSSR count). The van der Waals surface area contributed by atoms with E-state index in [1.54, 1.807) is 6.92 Å². The summed E-state index contributed by atoms with van der Waals surface area (Å²) in [5.74, 6) is 0. The van der Waals surface area contributed by atoms with Crippen molar-refractivity contribution in [3.05, 3.63) is 0 Å². The lowest BCUT2D eigenvalue weighted by Crippen LogP contribution is -2.08. The highest BCUT2D eigenvalue weighted by Crippen LogP contribution is 2.02. The molecule has 60 valence electrons. The van der Waals surface area contributed by atoms with Crippen molar-refractivity contribution in [3.8, 4) is 0 Å². The second-order valence-electron chi connectivity index (χ2n) is 1.15. The first-order valence-electron chi connectivity index (χ1n) is 2.35. The highest BCUT2D eigenvalue weighted by molar-refractivity contribution is 8.25. The molecule has 6 heteroatoms. The van der Waals surface area contributed by atoms with Gasteiger partial charge in [0.05, 0.1) is 6.61 Å². The van der Waals surface area contributed by atoms with E-state index in [0.29, 0.717) is 18.4 Å². The summed E-state index contributed by atoms with van der Waals surface area (Å²) in [6, 6.07) is 0. The summed E-state index contributed by atoms with van der Waals surface area (Å²) >= 11 is 0.579. The molecular weight excluding hydrogens is 176 g/mol. The van der Waals surface area contributed by atoms with Crippen LogP contribution in [0.3, 0.4) is 0 Å². The Hall–Kier alpha value is -0.420. The minimum Gasteiger partial charge on any atom is -0.458 e. The third kappa shape index (κ3) is 7.58. The van der Waals surface area contributed by atoms with Crippen molar-refractivity contribution in [2.45, 2.75) is 6.92 Å². The Morgan fingerprint density at radius 1 is 1.80 bits per heavy atom. The van der Waals surface area contributed by atoms with Gasteiger partial charge in [0.2, 0.25) is 0 Å². The molecular formula is C4H9ClN2O2S. The number of carbonyl (C=O) groups is 1. The average molecular weight is 185 g/mol. The summed E-state index contributed by atoms with van der Waals surface area (Å²) in [6.07, 6.45) is 0. The number of thioether (sulfide) groups is 1. The molecule has 0 aliphatic rings. The number of rotatable bonds is 1. The predicted molar refractivity (Wildman–Crippen MR) is 43.8 cm³/mol. The van der Waals surface area contributed by atoms with Crippen molar-refractivity contribution < 1.29 is 9.53 Å². The Bertz CT molecular complexity index is 130. The largest absolute Gasteiger partial charge is 0.458 e. The van der Waals surface area contributed by atoms with Gasteiger partial charge < -0.3 is 10.5 Å². The zero-order chi connectivity index (χ0) is 7.28. The van der Waals surface area contributed by atoms with Crippen LogP contribution in [0.25, 0.3) is 0 Å². The third-order valence-corrected chi connectivity index (χ3v) is 0.960. The molecule has 0 saturated carbocycles. The molecule has 10 heavy (non-hydrogen) atoms. The van der Waals surface area contributed by atoms with Crippen molar-refractivity contribution in [3.63, 3.8) is 0 Å². The predicted octanol–water partition coefficient (Wildman–Crippen LogP) is 1.19. The lowest BCUT2D eigenvalue weighted by Gasteiger charge is -1.96.